The van der Waals surface area contributed by atoms with Gasteiger partial charge in [-0.15, -0.1) is 11.3 Å². The number of hydrogen-bond acceptors (Lipinski definition) is 4. The number of rotatable bonds is 3. The first-order valence-corrected chi connectivity index (χ1v) is 10.4. The van der Waals surface area contributed by atoms with Gasteiger partial charge in [-0.3, -0.25) is 0 Å². The van der Waals surface area contributed by atoms with Gasteiger partial charge in [0, 0.05) is 21.5 Å². The minimum Gasteiger partial charge on any atom is -0.489 e. The van der Waals surface area contributed by atoms with Crippen molar-refractivity contribution in [2.45, 2.75) is 35.4 Å². The molecule has 0 radical (unpaired) electrons. The fourth-order valence-corrected chi connectivity index (χ4v) is 4.93. The maximum Gasteiger partial charge on any atom is 0.154 e. The third-order valence-corrected chi connectivity index (χ3v) is 6.84. The van der Waals surface area contributed by atoms with E-state index in [4.69, 9.17) is 4.74 Å². The monoisotopic (exact) mass is 397 g/mol. The van der Waals surface area contributed by atoms with E-state index < -0.39 is 0 Å². The molecule has 0 saturated heterocycles. The molecule has 27 heavy (non-hydrogen) atoms. The topological polar surface area (TPSA) is 22.1 Å². The van der Waals surface area contributed by atoms with Gasteiger partial charge in [0.25, 0.3) is 0 Å². The van der Waals surface area contributed by atoms with E-state index in [2.05, 4.69) is 44.0 Å². The molecule has 2 nitrogen and oxygen atoms in total. The Labute approximate surface area is 167 Å². The number of thiazole rings is 1. The molecular formula is C22H20FNOS2. The van der Waals surface area contributed by atoms with Crippen molar-refractivity contribution >= 4 is 28.7 Å². The number of hydrogen-bond donors (Lipinski definition) is 0. The van der Waals surface area contributed by atoms with Crippen molar-refractivity contribution in [3.63, 3.8) is 0 Å². The van der Waals surface area contributed by atoms with Gasteiger partial charge in [0.15, 0.2) is 4.34 Å². The first kappa shape index (κ1) is 18.3. The fraction of sp³-hybridized carbons (Fsp3) is 0.227. The van der Waals surface area contributed by atoms with E-state index in [0.717, 1.165) is 31.7 Å². The zero-order chi connectivity index (χ0) is 19.0. The second-order valence-corrected chi connectivity index (χ2v) is 9.79. The van der Waals surface area contributed by atoms with Crippen LogP contribution in [-0.2, 0) is 5.41 Å². The van der Waals surface area contributed by atoms with Crippen molar-refractivity contribution in [3.05, 3.63) is 76.6 Å². The highest BCUT2D eigenvalue weighted by atomic mass is 32.2. The second kappa shape index (κ2) is 7.13. The molecule has 0 unspecified atom stereocenters. The minimum absolute atomic E-state index is 0.115. The van der Waals surface area contributed by atoms with Gasteiger partial charge in [-0.05, 0) is 53.0 Å². The highest BCUT2D eigenvalue weighted by Gasteiger charge is 2.19. The van der Waals surface area contributed by atoms with E-state index in [1.54, 1.807) is 23.1 Å². The molecule has 5 heteroatoms. The van der Waals surface area contributed by atoms with Crippen LogP contribution in [-0.4, -0.2) is 11.6 Å². The van der Waals surface area contributed by atoms with E-state index in [0.29, 0.717) is 6.61 Å². The summed E-state index contributed by atoms with van der Waals surface area (Å²) in [6, 6.07) is 12.8. The maximum atomic E-state index is 13.2. The van der Waals surface area contributed by atoms with Crippen molar-refractivity contribution in [2.75, 3.05) is 6.61 Å². The third kappa shape index (κ3) is 3.94. The van der Waals surface area contributed by atoms with Gasteiger partial charge in [-0.2, -0.15) is 0 Å². The first-order valence-electron chi connectivity index (χ1n) is 8.78. The summed E-state index contributed by atoms with van der Waals surface area (Å²) >= 11 is 3.39. The average Bonchev–Trinajstić information content (AvgIpc) is 3.11. The van der Waals surface area contributed by atoms with Crippen molar-refractivity contribution < 1.29 is 9.13 Å². The van der Waals surface area contributed by atoms with E-state index in [-0.39, 0.29) is 11.2 Å². The smallest absolute Gasteiger partial charge is 0.154 e. The van der Waals surface area contributed by atoms with Crippen LogP contribution < -0.4 is 4.74 Å². The molecule has 0 amide bonds. The van der Waals surface area contributed by atoms with Crippen molar-refractivity contribution in [2.24, 2.45) is 0 Å². The number of fused-ring (bicyclic) bond motifs is 1. The molecule has 0 saturated carbocycles. The van der Waals surface area contributed by atoms with Crippen LogP contribution in [0.3, 0.4) is 0 Å². The number of ether oxygens (including phenoxy) is 1. The van der Waals surface area contributed by atoms with Gasteiger partial charge in [0.1, 0.15) is 18.2 Å². The Hall–Kier alpha value is -2.11. The Morgan fingerprint density at radius 2 is 1.89 bits per heavy atom. The molecule has 0 atom stereocenters. The van der Waals surface area contributed by atoms with Gasteiger partial charge >= 0.3 is 0 Å². The zero-order valence-corrected chi connectivity index (χ0v) is 17.1. The van der Waals surface area contributed by atoms with Crippen LogP contribution in [0.5, 0.6) is 5.75 Å². The SMILES string of the molecule is CC(C)(C)c1cnc(Sc2ccc3c(c2)OCC=C3c2ccc(F)cc2)s1. The molecule has 0 spiro atoms. The van der Waals surface area contributed by atoms with E-state index in [1.807, 2.05) is 24.4 Å². The maximum absolute atomic E-state index is 13.2. The van der Waals surface area contributed by atoms with Crippen LogP contribution in [0, 0.1) is 5.82 Å². The number of aromatic nitrogens is 1. The number of nitrogens with zero attached hydrogens (tertiary/aromatic N) is 1. The average molecular weight is 398 g/mol. The number of benzene rings is 2. The molecule has 138 valence electrons. The summed E-state index contributed by atoms with van der Waals surface area (Å²) in [5.41, 5.74) is 3.23. The standard InChI is InChI=1S/C22H20FNOS2/c1-22(2,3)20-13-24-21(27-20)26-16-8-9-18-17(10-11-25-19(18)12-16)14-4-6-15(23)7-5-14/h4-10,12-13H,11H2,1-3H3. The quantitative estimate of drug-likeness (QED) is 0.500. The molecule has 0 N–H and O–H groups in total. The Morgan fingerprint density at radius 3 is 2.59 bits per heavy atom. The largest absolute Gasteiger partial charge is 0.489 e. The Balaban J connectivity index is 1.60. The lowest BCUT2D eigenvalue weighted by atomic mass is 9.95. The summed E-state index contributed by atoms with van der Waals surface area (Å²) in [4.78, 5) is 6.93. The van der Waals surface area contributed by atoms with Crippen LogP contribution in [0.25, 0.3) is 5.57 Å². The Bertz CT molecular complexity index is 1000. The van der Waals surface area contributed by atoms with Gasteiger partial charge < -0.3 is 4.74 Å². The van der Waals surface area contributed by atoms with Crippen LogP contribution in [0.15, 0.2) is 64.0 Å². The molecule has 4 rings (SSSR count). The molecule has 0 bridgehead atoms. The van der Waals surface area contributed by atoms with Crippen molar-refractivity contribution in [3.8, 4) is 5.75 Å². The van der Waals surface area contributed by atoms with Crippen molar-refractivity contribution in [1.29, 1.82) is 0 Å². The molecule has 0 fully saturated rings. The van der Waals surface area contributed by atoms with E-state index in [9.17, 15) is 4.39 Å². The molecule has 1 aliphatic rings. The predicted molar refractivity (Wildman–Crippen MR) is 110 cm³/mol. The van der Waals surface area contributed by atoms with Crippen LogP contribution in [0.1, 0.15) is 36.8 Å². The Morgan fingerprint density at radius 1 is 1.11 bits per heavy atom. The van der Waals surface area contributed by atoms with Gasteiger partial charge in [0.05, 0.1) is 0 Å². The summed E-state index contributed by atoms with van der Waals surface area (Å²) < 4.78 is 20.1. The molecule has 1 aromatic heterocycles. The minimum atomic E-state index is -0.226. The van der Waals surface area contributed by atoms with Gasteiger partial charge in [-0.25, -0.2) is 9.37 Å². The van der Waals surface area contributed by atoms with Crippen LogP contribution in [0.4, 0.5) is 4.39 Å². The number of halogens is 1. The molecule has 3 aromatic rings. The lowest BCUT2D eigenvalue weighted by Gasteiger charge is -2.19. The molecular weight excluding hydrogens is 377 g/mol. The van der Waals surface area contributed by atoms with E-state index >= 15 is 0 Å². The fourth-order valence-electron chi connectivity index (χ4n) is 2.89. The molecule has 0 aliphatic carbocycles. The van der Waals surface area contributed by atoms with E-state index in [1.165, 1.54) is 17.0 Å². The van der Waals surface area contributed by atoms with Gasteiger partial charge in [-0.1, -0.05) is 44.7 Å². The predicted octanol–water partition coefficient (Wildman–Crippen LogP) is 6.56. The highest BCUT2D eigenvalue weighted by molar-refractivity contribution is 8.01. The Kier molecular flexibility index (Phi) is 4.82. The molecule has 2 heterocycles. The summed E-state index contributed by atoms with van der Waals surface area (Å²) in [6.45, 7) is 7.11. The highest BCUT2D eigenvalue weighted by Crippen LogP contribution is 2.40. The summed E-state index contributed by atoms with van der Waals surface area (Å²) in [7, 11) is 0. The second-order valence-electron chi connectivity index (χ2n) is 7.44. The van der Waals surface area contributed by atoms with Crippen LogP contribution in [0.2, 0.25) is 0 Å². The summed E-state index contributed by atoms with van der Waals surface area (Å²) in [6.07, 6.45) is 4.01. The summed E-state index contributed by atoms with van der Waals surface area (Å²) in [5, 5.41) is 0. The molecule has 2 aromatic carbocycles. The lowest BCUT2D eigenvalue weighted by molar-refractivity contribution is 0.356. The third-order valence-electron chi connectivity index (χ3n) is 4.35. The van der Waals surface area contributed by atoms with Gasteiger partial charge in [0.2, 0.25) is 0 Å². The zero-order valence-electron chi connectivity index (χ0n) is 15.5. The van der Waals surface area contributed by atoms with Crippen molar-refractivity contribution in [1.82, 2.24) is 4.98 Å². The normalized spacial score (nSPS) is 13.7. The molecule has 1 aliphatic heterocycles. The van der Waals surface area contributed by atoms with Crippen LogP contribution >= 0.6 is 23.1 Å². The lowest BCUT2D eigenvalue weighted by Crippen LogP contribution is -2.07. The summed E-state index contributed by atoms with van der Waals surface area (Å²) in [5.74, 6) is 0.630. The first-order chi connectivity index (χ1) is 12.9.